The average Bonchev–Trinajstić information content (AvgIpc) is 2.18. The molecule has 0 bridgehead atoms. The normalized spacial score (nSPS) is 16.6. The number of hydrogen-bond acceptors (Lipinski definition) is 5. The van der Waals surface area contributed by atoms with Crippen molar-refractivity contribution in [1.82, 2.24) is 0 Å². The highest BCUT2D eigenvalue weighted by molar-refractivity contribution is 5.91. The summed E-state index contributed by atoms with van der Waals surface area (Å²) >= 11 is 0. The smallest absolute Gasteiger partial charge is 0.378 e. The van der Waals surface area contributed by atoms with E-state index in [-0.39, 0.29) is 12.4 Å². The topological polar surface area (TPSA) is 72.8 Å². The van der Waals surface area contributed by atoms with Crippen LogP contribution in [0.3, 0.4) is 0 Å². The molecule has 0 aromatic heterocycles. The molecule has 0 aromatic carbocycles. The molecule has 1 aliphatic rings. The van der Waals surface area contributed by atoms with Crippen LogP contribution in [0.2, 0.25) is 0 Å². The van der Waals surface area contributed by atoms with Crippen molar-refractivity contribution < 1.29 is 24.2 Å². The van der Waals surface area contributed by atoms with E-state index < -0.39 is 17.7 Å². The number of aliphatic hydroxyl groups is 1. The lowest BCUT2D eigenvalue weighted by Gasteiger charge is -1.96. The molecule has 1 N–H and O–H groups in total. The van der Waals surface area contributed by atoms with Gasteiger partial charge < -0.3 is 14.6 Å². The van der Waals surface area contributed by atoms with Crippen LogP contribution in [0.1, 0.15) is 6.92 Å². The van der Waals surface area contributed by atoms with Crippen molar-refractivity contribution in [1.29, 1.82) is 0 Å². The molecule has 0 amide bonds. The van der Waals surface area contributed by atoms with E-state index in [0.29, 0.717) is 0 Å². The molecule has 60 valence electrons. The molecule has 0 spiro atoms. The fourth-order valence-electron chi connectivity index (χ4n) is 0.627. The molecule has 11 heavy (non-hydrogen) atoms. The molecule has 0 atom stereocenters. The Labute approximate surface area is 62.2 Å². The van der Waals surface area contributed by atoms with Crippen LogP contribution in [0, 0.1) is 0 Å². The highest BCUT2D eigenvalue weighted by Gasteiger charge is 2.27. The summed E-state index contributed by atoms with van der Waals surface area (Å²) in [5.74, 6) is -2.22. The van der Waals surface area contributed by atoms with Gasteiger partial charge in [-0.05, 0) is 0 Å². The zero-order valence-electron chi connectivity index (χ0n) is 5.79. The van der Waals surface area contributed by atoms with Crippen molar-refractivity contribution in [2.75, 3.05) is 6.61 Å². The van der Waals surface area contributed by atoms with Crippen molar-refractivity contribution >= 4 is 11.9 Å². The third-order valence-electron chi connectivity index (χ3n) is 1.03. The van der Waals surface area contributed by atoms with Crippen molar-refractivity contribution in [3.8, 4) is 0 Å². The summed E-state index contributed by atoms with van der Waals surface area (Å²) in [6, 6.07) is 0. The van der Waals surface area contributed by atoms with Crippen LogP contribution in [-0.2, 0) is 19.1 Å². The van der Waals surface area contributed by atoms with Gasteiger partial charge in [0.25, 0.3) is 5.76 Å². The minimum absolute atomic E-state index is 0.221. The van der Waals surface area contributed by atoms with Crippen LogP contribution in [-0.4, -0.2) is 23.7 Å². The van der Waals surface area contributed by atoms with Crippen molar-refractivity contribution in [2.45, 2.75) is 6.92 Å². The standard InChI is InChI=1S/C6H6O5/c1-3(7)11-5-4(8)2-10-6(5)9/h8H,2H2,1H3. The lowest BCUT2D eigenvalue weighted by atomic mass is 10.4. The van der Waals surface area contributed by atoms with Gasteiger partial charge in [-0.1, -0.05) is 0 Å². The molecule has 0 aliphatic carbocycles. The van der Waals surface area contributed by atoms with Gasteiger partial charge in [0.15, 0.2) is 12.4 Å². The molecule has 0 saturated carbocycles. The van der Waals surface area contributed by atoms with E-state index in [4.69, 9.17) is 5.11 Å². The van der Waals surface area contributed by atoms with Crippen molar-refractivity contribution in [3.05, 3.63) is 11.5 Å². The fourth-order valence-corrected chi connectivity index (χ4v) is 0.627. The maximum Gasteiger partial charge on any atom is 0.378 e. The summed E-state index contributed by atoms with van der Waals surface area (Å²) in [5.41, 5.74) is 0. The molecule has 0 radical (unpaired) electrons. The first kappa shape index (κ1) is 7.59. The van der Waals surface area contributed by atoms with E-state index in [9.17, 15) is 9.59 Å². The van der Waals surface area contributed by atoms with Crippen molar-refractivity contribution in [2.24, 2.45) is 0 Å². The lowest BCUT2D eigenvalue weighted by molar-refractivity contribution is -0.147. The second kappa shape index (κ2) is 2.61. The van der Waals surface area contributed by atoms with E-state index >= 15 is 0 Å². The van der Waals surface area contributed by atoms with Gasteiger partial charge in [-0.2, -0.15) is 0 Å². The second-order valence-electron chi connectivity index (χ2n) is 1.95. The fraction of sp³-hybridized carbons (Fsp3) is 0.333. The van der Waals surface area contributed by atoms with Gasteiger partial charge in [-0.25, -0.2) is 4.79 Å². The van der Waals surface area contributed by atoms with Crippen LogP contribution in [0.4, 0.5) is 0 Å². The molecule has 0 aromatic rings. The zero-order chi connectivity index (χ0) is 8.43. The predicted octanol–water partition coefficient (Wildman–Crippen LogP) is -0.124. The Balaban J connectivity index is 2.75. The Hall–Kier alpha value is -1.52. The number of esters is 2. The highest BCUT2D eigenvalue weighted by Crippen LogP contribution is 2.14. The summed E-state index contributed by atoms with van der Waals surface area (Å²) in [6.07, 6.45) is 0. The van der Waals surface area contributed by atoms with Crippen LogP contribution in [0.15, 0.2) is 11.5 Å². The molecule has 0 unspecified atom stereocenters. The summed E-state index contributed by atoms with van der Waals surface area (Å²) in [6.45, 7) is 0.910. The van der Waals surface area contributed by atoms with Crippen LogP contribution >= 0.6 is 0 Å². The Morgan fingerprint density at radius 3 is 2.73 bits per heavy atom. The van der Waals surface area contributed by atoms with E-state index in [0.717, 1.165) is 6.92 Å². The molecule has 1 rings (SSSR count). The summed E-state index contributed by atoms with van der Waals surface area (Å²) in [7, 11) is 0. The predicted molar refractivity (Wildman–Crippen MR) is 32.4 cm³/mol. The molecule has 5 heteroatoms. The van der Waals surface area contributed by atoms with Gasteiger partial charge in [0, 0.05) is 6.92 Å². The van der Waals surface area contributed by atoms with Gasteiger partial charge in [0.2, 0.25) is 0 Å². The quantitative estimate of drug-likeness (QED) is 0.538. The van der Waals surface area contributed by atoms with E-state index in [1.165, 1.54) is 0 Å². The first-order chi connectivity index (χ1) is 5.11. The first-order valence-corrected chi connectivity index (χ1v) is 2.89. The van der Waals surface area contributed by atoms with E-state index in [1.807, 2.05) is 0 Å². The van der Waals surface area contributed by atoms with Crippen LogP contribution < -0.4 is 0 Å². The van der Waals surface area contributed by atoms with Gasteiger partial charge >= 0.3 is 11.9 Å². The zero-order valence-corrected chi connectivity index (χ0v) is 5.79. The Kier molecular flexibility index (Phi) is 1.80. The maximum atomic E-state index is 10.6. The first-order valence-electron chi connectivity index (χ1n) is 2.89. The maximum absolute atomic E-state index is 10.6. The minimum atomic E-state index is -0.808. The van der Waals surface area contributed by atoms with Gasteiger partial charge in [0.05, 0.1) is 0 Å². The summed E-state index contributed by atoms with van der Waals surface area (Å²) < 4.78 is 8.69. The van der Waals surface area contributed by atoms with Crippen LogP contribution in [0.5, 0.6) is 0 Å². The number of carbonyl (C=O) groups is 2. The average molecular weight is 158 g/mol. The molecule has 1 aliphatic heterocycles. The third-order valence-corrected chi connectivity index (χ3v) is 1.03. The Bertz CT molecular complexity index is 239. The minimum Gasteiger partial charge on any atom is -0.505 e. The number of cyclic esters (lactones) is 1. The molecule has 0 fully saturated rings. The molecule has 0 saturated heterocycles. The number of hydrogen-bond donors (Lipinski definition) is 1. The lowest BCUT2D eigenvalue weighted by Crippen LogP contribution is -2.06. The largest absolute Gasteiger partial charge is 0.505 e. The highest BCUT2D eigenvalue weighted by atomic mass is 16.6. The molecular weight excluding hydrogens is 152 g/mol. The Morgan fingerprint density at radius 2 is 2.36 bits per heavy atom. The van der Waals surface area contributed by atoms with Gasteiger partial charge in [-0.15, -0.1) is 0 Å². The Morgan fingerprint density at radius 1 is 1.73 bits per heavy atom. The monoisotopic (exact) mass is 158 g/mol. The van der Waals surface area contributed by atoms with Gasteiger partial charge in [-0.3, -0.25) is 4.79 Å². The van der Waals surface area contributed by atoms with Crippen molar-refractivity contribution in [3.63, 3.8) is 0 Å². The summed E-state index contributed by atoms with van der Waals surface area (Å²) in [4.78, 5) is 20.9. The summed E-state index contributed by atoms with van der Waals surface area (Å²) in [5, 5.41) is 8.86. The number of aliphatic hydroxyl groups excluding tert-OH is 1. The number of ether oxygens (including phenoxy) is 2. The molecule has 1 heterocycles. The van der Waals surface area contributed by atoms with Gasteiger partial charge in [0.1, 0.15) is 0 Å². The van der Waals surface area contributed by atoms with E-state index in [2.05, 4.69) is 9.47 Å². The SMILES string of the molecule is CC(=O)OC1=C(O)COC1=O. The second-order valence-corrected chi connectivity index (χ2v) is 1.95. The number of rotatable bonds is 1. The third kappa shape index (κ3) is 1.49. The molecular formula is C6H6O5. The van der Waals surface area contributed by atoms with Crippen LogP contribution in [0.25, 0.3) is 0 Å². The number of carbonyl (C=O) groups excluding carboxylic acids is 2. The molecule has 5 nitrogen and oxygen atoms in total. The van der Waals surface area contributed by atoms with E-state index in [1.54, 1.807) is 0 Å².